The van der Waals surface area contributed by atoms with Crippen LogP contribution in [0.25, 0.3) is 0 Å². The maximum absolute atomic E-state index is 13.7. The number of phenols is 2. The van der Waals surface area contributed by atoms with Gasteiger partial charge in [0.25, 0.3) is 5.91 Å². The molecule has 224 valence electrons. The number of carbonyl (C=O) groups excluding carboxylic acids is 5. The minimum atomic E-state index is -1.27. The molecule has 3 fully saturated rings. The van der Waals surface area contributed by atoms with E-state index in [4.69, 9.17) is 10.5 Å². The number of aromatic hydroxyl groups is 2. The molecule has 4 rings (SSSR count). The van der Waals surface area contributed by atoms with Gasteiger partial charge in [-0.25, -0.2) is 4.79 Å². The average Bonchev–Trinajstić information content (AvgIpc) is 3.53. The van der Waals surface area contributed by atoms with Crippen molar-refractivity contribution in [1.29, 1.82) is 0 Å². The van der Waals surface area contributed by atoms with Crippen molar-refractivity contribution in [2.24, 2.45) is 28.4 Å². The molecular formula is C30H41N3O8. The summed E-state index contributed by atoms with van der Waals surface area (Å²) in [5.74, 6) is -4.79. The predicted octanol–water partition coefficient (Wildman–Crippen LogP) is 1.95. The van der Waals surface area contributed by atoms with E-state index in [1.54, 1.807) is 0 Å². The summed E-state index contributed by atoms with van der Waals surface area (Å²) in [5.41, 5.74) is 5.63. The summed E-state index contributed by atoms with van der Waals surface area (Å²) in [6.45, 7) is 8.41. The van der Waals surface area contributed by atoms with E-state index in [9.17, 15) is 34.2 Å². The van der Waals surface area contributed by atoms with Crippen molar-refractivity contribution in [1.82, 2.24) is 10.2 Å². The van der Waals surface area contributed by atoms with Gasteiger partial charge >= 0.3 is 5.97 Å². The van der Waals surface area contributed by atoms with Crippen LogP contribution in [0.15, 0.2) is 18.2 Å². The summed E-state index contributed by atoms with van der Waals surface area (Å²) in [7, 11) is 0. The second kappa shape index (κ2) is 11.3. The van der Waals surface area contributed by atoms with E-state index in [1.807, 2.05) is 0 Å². The molecule has 1 aromatic carbocycles. The maximum atomic E-state index is 13.7. The molecule has 11 heteroatoms. The highest BCUT2D eigenvalue weighted by Crippen LogP contribution is 2.66. The van der Waals surface area contributed by atoms with Crippen molar-refractivity contribution in [3.05, 3.63) is 23.8 Å². The lowest BCUT2D eigenvalue weighted by atomic mass is 9.70. The van der Waals surface area contributed by atoms with E-state index >= 15 is 0 Å². The van der Waals surface area contributed by atoms with Crippen molar-refractivity contribution in [3.63, 3.8) is 0 Å². The number of hydrogen-bond donors (Lipinski definition) is 4. The number of nitrogens with two attached hydrogens (primary N) is 1. The lowest BCUT2D eigenvalue weighted by Gasteiger charge is -2.39. The van der Waals surface area contributed by atoms with Crippen LogP contribution < -0.4 is 11.1 Å². The normalized spacial score (nSPS) is 27.7. The minimum Gasteiger partial charge on any atom is -0.504 e. The highest BCUT2D eigenvalue weighted by Gasteiger charge is 2.63. The summed E-state index contributed by atoms with van der Waals surface area (Å²) in [5, 5.41) is 21.6. The van der Waals surface area contributed by atoms with Gasteiger partial charge in [-0.2, -0.15) is 0 Å². The lowest BCUT2D eigenvalue weighted by Crippen LogP contribution is -2.54. The van der Waals surface area contributed by atoms with Gasteiger partial charge in [-0.15, -0.1) is 0 Å². The van der Waals surface area contributed by atoms with E-state index in [2.05, 4.69) is 26.1 Å². The smallest absolute Gasteiger partial charge is 0.329 e. The third kappa shape index (κ3) is 5.76. The Balaban J connectivity index is 1.46. The number of fused-ring (bicyclic) bond motifs is 2. The Labute approximate surface area is 239 Å². The number of ketones is 1. The maximum Gasteiger partial charge on any atom is 0.329 e. The summed E-state index contributed by atoms with van der Waals surface area (Å²) in [6.07, 6.45) is 3.09. The van der Waals surface area contributed by atoms with Gasteiger partial charge in [0.2, 0.25) is 17.6 Å². The number of amides is 3. The topological polar surface area (TPSA) is 176 Å². The van der Waals surface area contributed by atoms with Crippen LogP contribution in [0.5, 0.6) is 11.5 Å². The molecule has 1 aromatic rings. The van der Waals surface area contributed by atoms with Crippen molar-refractivity contribution >= 4 is 29.5 Å². The number of ether oxygens (including phenoxy) is 1. The number of phenolic OH excluding ortho intramolecular Hbond substituents is 2. The van der Waals surface area contributed by atoms with Crippen LogP contribution in [0.2, 0.25) is 0 Å². The quantitative estimate of drug-likeness (QED) is 0.187. The number of esters is 1. The molecule has 0 radical (unpaired) electrons. The number of primary amides is 1. The number of hydrogen-bond acceptors (Lipinski definition) is 8. The first-order valence-electron chi connectivity index (χ1n) is 14.3. The molecule has 6 atom stereocenters. The van der Waals surface area contributed by atoms with Crippen molar-refractivity contribution in [2.75, 3.05) is 6.54 Å². The lowest BCUT2D eigenvalue weighted by molar-refractivity contribution is -0.165. The zero-order valence-corrected chi connectivity index (χ0v) is 24.1. The van der Waals surface area contributed by atoms with E-state index in [0.717, 1.165) is 25.3 Å². The summed E-state index contributed by atoms with van der Waals surface area (Å²) in [4.78, 5) is 65.8. The Morgan fingerprint density at radius 3 is 2.41 bits per heavy atom. The molecule has 1 heterocycles. The van der Waals surface area contributed by atoms with Crippen LogP contribution >= 0.6 is 0 Å². The third-order valence-corrected chi connectivity index (χ3v) is 10.1. The molecule has 2 bridgehead atoms. The average molecular weight is 572 g/mol. The van der Waals surface area contributed by atoms with Gasteiger partial charge < -0.3 is 30.9 Å². The fraction of sp³-hybridized carbons (Fsp3) is 0.633. The van der Waals surface area contributed by atoms with Crippen LogP contribution in [0.3, 0.4) is 0 Å². The predicted molar refractivity (Wildman–Crippen MR) is 147 cm³/mol. The molecule has 1 aliphatic heterocycles. The molecule has 0 aromatic heterocycles. The first kappa shape index (κ1) is 30.3. The van der Waals surface area contributed by atoms with Gasteiger partial charge in [0.15, 0.2) is 11.5 Å². The van der Waals surface area contributed by atoms with Crippen LogP contribution in [0, 0.1) is 22.7 Å². The van der Waals surface area contributed by atoms with Crippen LogP contribution in [-0.4, -0.2) is 69.3 Å². The Hall–Kier alpha value is -3.63. The fourth-order valence-electron chi connectivity index (χ4n) is 6.88. The monoisotopic (exact) mass is 571 g/mol. The summed E-state index contributed by atoms with van der Waals surface area (Å²) >= 11 is 0. The molecule has 2 saturated carbocycles. The largest absolute Gasteiger partial charge is 0.504 e. The number of nitrogens with one attached hydrogen (secondary N) is 1. The van der Waals surface area contributed by atoms with Gasteiger partial charge in [-0.1, -0.05) is 33.8 Å². The van der Waals surface area contributed by atoms with E-state index in [1.165, 1.54) is 24.0 Å². The fourth-order valence-corrected chi connectivity index (χ4v) is 6.88. The van der Waals surface area contributed by atoms with Gasteiger partial charge in [0, 0.05) is 24.3 Å². The number of likely N-dealkylation sites (tertiary alicyclic amines) is 1. The van der Waals surface area contributed by atoms with Crippen molar-refractivity contribution < 1.29 is 38.9 Å². The Morgan fingerprint density at radius 2 is 1.83 bits per heavy atom. The van der Waals surface area contributed by atoms with Crippen LogP contribution in [0.1, 0.15) is 71.8 Å². The minimum absolute atomic E-state index is 0.0504. The standard InChI is InChI=1S/C30H41N3O8/c1-16(25(31)37)12-19(32-26(38)23(36)14-17-7-8-21(34)22(35)13-17)27(39)33-11-5-6-20(33)28(40)41-24-15-18-9-10-30(24,4)29(18,2)3/h7-8,13,16,18-20,24,34-35H,5-6,9-12,14-15H2,1-4H3,(H2,31,37)(H,32,38). The molecule has 11 nitrogen and oxygen atoms in total. The number of rotatable bonds is 10. The first-order chi connectivity index (χ1) is 19.2. The molecule has 41 heavy (non-hydrogen) atoms. The SMILES string of the molecule is CC(CC(NC(=O)C(=O)Cc1ccc(O)c(O)c1)C(=O)N1CCCC1C(=O)OC1CC2CCC1(C)C2(C)C)C(N)=O. The van der Waals surface area contributed by atoms with Crippen LogP contribution in [-0.2, 0) is 35.1 Å². The van der Waals surface area contributed by atoms with Crippen molar-refractivity contribution in [2.45, 2.75) is 90.8 Å². The molecule has 2 aliphatic carbocycles. The van der Waals surface area contributed by atoms with E-state index in [0.29, 0.717) is 18.8 Å². The number of carbonyl (C=O) groups is 5. The van der Waals surface area contributed by atoms with Crippen molar-refractivity contribution in [3.8, 4) is 11.5 Å². The zero-order valence-electron chi connectivity index (χ0n) is 24.1. The molecule has 6 unspecified atom stereocenters. The number of Topliss-reactive ketones (excluding diaryl/α,β-unsaturated/α-hetero) is 1. The Morgan fingerprint density at radius 1 is 1.12 bits per heavy atom. The zero-order chi connectivity index (χ0) is 30.3. The number of nitrogens with zero attached hydrogens (tertiary/aromatic N) is 1. The second-order valence-electron chi connectivity index (χ2n) is 12.7. The first-order valence-corrected chi connectivity index (χ1v) is 14.3. The van der Waals surface area contributed by atoms with Gasteiger partial charge in [0.1, 0.15) is 18.2 Å². The molecule has 3 amide bonds. The van der Waals surface area contributed by atoms with Crippen LogP contribution in [0.4, 0.5) is 0 Å². The second-order valence-corrected chi connectivity index (χ2v) is 12.7. The highest BCUT2D eigenvalue weighted by atomic mass is 16.5. The Bertz CT molecular complexity index is 1250. The Kier molecular flexibility index (Phi) is 8.38. The van der Waals surface area contributed by atoms with E-state index < -0.39 is 53.2 Å². The highest BCUT2D eigenvalue weighted by molar-refractivity contribution is 6.37. The third-order valence-electron chi connectivity index (χ3n) is 10.1. The van der Waals surface area contributed by atoms with Gasteiger partial charge in [-0.3, -0.25) is 19.2 Å². The van der Waals surface area contributed by atoms with Gasteiger partial charge in [-0.05, 0) is 67.6 Å². The molecule has 5 N–H and O–H groups in total. The summed E-state index contributed by atoms with van der Waals surface area (Å²) in [6, 6.07) is 1.65. The number of benzene rings is 1. The molecule has 1 saturated heterocycles. The van der Waals surface area contributed by atoms with Gasteiger partial charge in [0.05, 0.1) is 0 Å². The molecule has 0 spiro atoms. The molecular weight excluding hydrogens is 530 g/mol. The molecule has 3 aliphatic rings. The van der Waals surface area contributed by atoms with E-state index in [-0.39, 0.29) is 47.6 Å². The summed E-state index contributed by atoms with van der Waals surface area (Å²) < 4.78 is 6.06.